The number of hydrogen-bond acceptors (Lipinski definition) is 6. The number of carbonyl (C=O) groups excluding carboxylic acids is 3. The summed E-state index contributed by atoms with van der Waals surface area (Å²) in [5, 5.41) is 17.5. The summed E-state index contributed by atoms with van der Waals surface area (Å²) in [6, 6.07) is 13.6. The van der Waals surface area contributed by atoms with Gasteiger partial charge in [-0.05, 0) is 49.4 Å². The number of likely N-dealkylation sites (tertiary alicyclic amines) is 1. The Hall–Kier alpha value is -3.04. The lowest BCUT2D eigenvalue weighted by Gasteiger charge is -2.52. The van der Waals surface area contributed by atoms with Crippen LogP contribution in [-0.2, 0) is 22.4 Å². The first kappa shape index (κ1) is 24.6. The van der Waals surface area contributed by atoms with E-state index in [2.05, 4.69) is 10.6 Å². The van der Waals surface area contributed by atoms with E-state index in [1.165, 1.54) is 4.90 Å². The first-order valence-corrected chi connectivity index (χ1v) is 13.5. The summed E-state index contributed by atoms with van der Waals surface area (Å²) in [7, 11) is 0. The number of nitrogens with one attached hydrogen (secondary N) is 2. The quantitative estimate of drug-likeness (QED) is 0.473. The highest BCUT2D eigenvalue weighted by Crippen LogP contribution is 2.50. The zero-order valence-corrected chi connectivity index (χ0v) is 21.4. The fourth-order valence-electron chi connectivity index (χ4n) is 5.53. The minimum absolute atomic E-state index is 0.0825. The van der Waals surface area contributed by atoms with Crippen LogP contribution in [0.4, 0.5) is 5.69 Å². The van der Waals surface area contributed by atoms with Crippen LogP contribution in [0, 0.1) is 0 Å². The van der Waals surface area contributed by atoms with Crippen molar-refractivity contribution in [3.8, 4) is 0 Å². The van der Waals surface area contributed by atoms with Gasteiger partial charge in [0.2, 0.25) is 5.91 Å². The van der Waals surface area contributed by atoms with E-state index in [1.54, 1.807) is 17.8 Å². The highest BCUT2D eigenvalue weighted by molar-refractivity contribution is 8.01. The second-order valence-electron chi connectivity index (χ2n) is 9.75. The molecule has 3 heterocycles. The molecule has 1 unspecified atom stereocenters. The van der Waals surface area contributed by atoms with Gasteiger partial charge in [0.15, 0.2) is 6.10 Å². The Balaban J connectivity index is 1.37. The van der Waals surface area contributed by atoms with E-state index in [9.17, 15) is 19.5 Å². The Labute approximate surface area is 215 Å². The molecular formula is C27H32N4O4S. The van der Waals surface area contributed by atoms with E-state index >= 15 is 0 Å². The maximum atomic E-state index is 13.6. The van der Waals surface area contributed by atoms with Crippen molar-refractivity contribution in [2.45, 2.75) is 56.2 Å². The van der Waals surface area contributed by atoms with Crippen LogP contribution >= 0.6 is 11.8 Å². The van der Waals surface area contributed by atoms with Gasteiger partial charge in [-0.3, -0.25) is 14.4 Å². The number of thioether (sulfide) groups is 1. The van der Waals surface area contributed by atoms with Crippen molar-refractivity contribution in [1.29, 1.82) is 0 Å². The minimum Gasteiger partial charge on any atom is -0.384 e. The molecule has 0 saturated carbocycles. The molecule has 2 saturated heterocycles. The number of hydrogen-bond donors (Lipinski definition) is 3. The van der Waals surface area contributed by atoms with Gasteiger partial charge in [0.05, 0.1) is 11.9 Å². The molecule has 4 atom stereocenters. The van der Waals surface area contributed by atoms with Gasteiger partial charge in [0.1, 0.15) is 10.9 Å². The lowest BCUT2D eigenvalue weighted by molar-refractivity contribution is -0.167. The predicted octanol–water partition coefficient (Wildman–Crippen LogP) is 2.23. The molecule has 3 aliphatic heterocycles. The molecule has 2 fully saturated rings. The molecule has 190 valence electrons. The second-order valence-corrected chi connectivity index (χ2v) is 11.1. The smallest absolute Gasteiger partial charge is 0.255 e. The highest BCUT2D eigenvalue weighted by Gasteiger charge is 2.65. The number of β-lactam (4-membered cyclic amide) rings is 1. The van der Waals surface area contributed by atoms with Gasteiger partial charge >= 0.3 is 0 Å². The summed E-state index contributed by atoms with van der Waals surface area (Å²) in [5.74, 6) is -0.604. The molecule has 5 rings (SSSR count). The van der Waals surface area contributed by atoms with Crippen LogP contribution in [0.2, 0.25) is 0 Å². The van der Waals surface area contributed by atoms with E-state index in [0.29, 0.717) is 18.0 Å². The molecule has 2 aromatic carbocycles. The van der Waals surface area contributed by atoms with E-state index in [-0.39, 0.29) is 18.2 Å². The van der Waals surface area contributed by atoms with Crippen LogP contribution in [0.25, 0.3) is 0 Å². The van der Waals surface area contributed by atoms with Crippen LogP contribution in [0.3, 0.4) is 0 Å². The summed E-state index contributed by atoms with van der Waals surface area (Å²) in [6.45, 7) is 5.41. The van der Waals surface area contributed by atoms with E-state index in [4.69, 9.17) is 0 Å². The van der Waals surface area contributed by atoms with E-state index in [1.807, 2.05) is 61.2 Å². The van der Waals surface area contributed by atoms with Crippen molar-refractivity contribution in [3.05, 3.63) is 65.2 Å². The minimum atomic E-state index is -1.49. The number of nitrogens with zero attached hydrogens (tertiary/aromatic N) is 2. The molecule has 8 nitrogen and oxygen atoms in total. The number of fused-ring (bicyclic) bond motifs is 2. The van der Waals surface area contributed by atoms with Gasteiger partial charge in [-0.1, -0.05) is 43.3 Å². The molecule has 3 aliphatic rings. The topological polar surface area (TPSA) is 102 Å². The first-order chi connectivity index (χ1) is 17.3. The zero-order valence-electron chi connectivity index (χ0n) is 20.6. The summed E-state index contributed by atoms with van der Waals surface area (Å²) >= 11 is 1.54. The van der Waals surface area contributed by atoms with Crippen LogP contribution in [0.1, 0.15) is 41.8 Å². The third kappa shape index (κ3) is 4.14. The normalized spacial score (nSPS) is 23.9. The molecule has 0 aromatic heterocycles. The van der Waals surface area contributed by atoms with Gasteiger partial charge in [0.25, 0.3) is 11.8 Å². The number of rotatable bonds is 8. The molecule has 2 aromatic rings. The summed E-state index contributed by atoms with van der Waals surface area (Å²) in [4.78, 5) is 42.6. The average molecular weight is 509 g/mol. The molecule has 36 heavy (non-hydrogen) atoms. The fraction of sp³-hybridized carbons (Fsp3) is 0.444. The summed E-state index contributed by atoms with van der Waals surface area (Å²) in [6.07, 6.45) is 0.381. The molecule has 9 heteroatoms. The summed E-state index contributed by atoms with van der Waals surface area (Å²) < 4.78 is 0. The monoisotopic (exact) mass is 508 g/mol. The third-order valence-corrected chi connectivity index (χ3v) is 8.88. The summed E-state index contributed by atoms with van der Waals surface area (Å²) in [5.41, 5.74) is 3.32. The molecular weight excluding hydrogens is 476 g/mol. The standard InChI is InChI=1S/C27H32N4O4S/c1-3-14-31-26(35)23-27(31,2)36-16-30(23)25(34)22(32)21(15-17-8-5-4-6-9-17)29-24(33)19-10-7-11-20-18(19)12-13-28-20/h4-11,21-23,28,32H,3,12-16H2,1-2H3,(H,29,33)/t21-,22-,23+,27?/m0/s1. The fourth-order valence-corrected chi connectivity index (χ4v) is 6.93. The number of carbonyl (C=O) groups is 3. The second kappa shape index (κ2) is 9.78. The number of amides is 3. The largest absolute Gasteiger partial charge is 0.384 e. The van der Waals surface area contributed by atoms with Crippen LogP contribution in [-0.4, -0.2) is 74.7 Å². The van der Waals surface area contributed by atoms with Crippen molar-refractivity contribution in [2.24, 2.45) is 0 Å². The Bertz CT molecular complexity index is 1180. The Kier molecular flexibility index (Phi) is 6.70. The number of anilines is 1. The Morgan fingerprint density at radius 3 is 2.75 bits per heavy atom. The highest BCUT2D eigenvalue weighted by atomic mass is 32.2. The molecule has 3 N–H and O–H groups in total. The zero-order chi connectivity index (χ0) is 25.4. The first-order valence-electron chi connectivity index (χ1n) is 12.5. The van der Waals surface area contributed by atoms with Gasteiger partial charge in [0, 0.05) is 24.3 Å². The lowest BCUT2D eigenvalue weighted by Crippen LogP contribution is -2.74. The third-order valence-electron chi connectivity index (χ3n) is 7.44. The van der Waals surface area contributed by atoms with Gasteiger partial charge in [-0.15, -0.1) is 11.8 Å². The van der Waals surface area contributed by atoms with Crippen molar-refractivity contribution in [2.75, 3.05) is 24.3 Å². The van der Waals surface area contributed by atoms with Gasteiger partial charge < -0.3 is 25.5 Å². The van der Waals surface area contributed by atoms with Crippen LogP contribution in [0.15, 0.2) is 48.5 Å². The maximum absolute atomic E-state index is 13.6. The van der Waals surface area contributed by atoms with E-state index in [0.717, 1.165) is 36.2 Å². The van der Waals surface area contributed by atoms with Crippen LogP contribution < -0.4 is 10.6 Å². The SMILES string of the molecule is CCCN1C(=O)[C@H]2N(C(=O)[C@@H](O)[C@H](Cc3ccccc3)NC(=O)c3cccc4c3CCN4)CSC21C. The Morgan fingerprint density at radius 1 is 1.22 bits per heavy atom. The Morgan fingerprint density at radius 2 is 2.00 bits per heavy atom. The molecule has 0 aliphatic carbocycles. The molecule has 0 spiro atoms. The van der Waals surface area contributed by atoms with Crippen molar-refractivity contribution < 1.29 is 19.5 Å². The maximum Gasteiger partial charge on any atom is 0.255 e. The average Bonchev–Trinajstić information content (AvgIpc) is 3.49. The lowest BCUT2D eigenvalue weighted by atomic mass is 9.92. The van der Waals surface area contributed by atoms with Crippen LogP contribution in [0.5, 0.6) is 0 Å². The number of aliphatic hydroxyl groups excluding tert-OH is 1. The van der Waals surface area contributed by atoms with Crippen molar-refractivity contribution in [3.63, 3.8) is 0 Å². The van der Waals surface area contributed by atoms with Gasteiger partial charge in [-0.2, -0.15) is 0 Å². The van der Waals surface area contributed by atoms with E-state index < -0.39 is 29.0 Å². The van der Waals surface area contributed by atoms with Gasteiger partial charge in [-0.25, -0.2) is 0 Å². The van der Waals surface area contributed by atoms with Crippen molar-refractivity contribution >= 4 is 35.2 Å². The molecule has 3 amide bonds. The van der Waals surface area contributed by atoms with Crippen molar-refractivity contribution in [1.82, 2.24) is 15.1 Å². The predicted molar refractivity (Wildman–Crippen MR) is 140 cm³/mol. The molecule has 0 bridgehead atoms. The number of aliphatic hydroxyl groups is 1. The number of benzene rings is 2. The molecule has 0 radical (unpaired) electrons.